The Bertz CT molecular complexity index is 484. The fourth-order valence-corrected chi connectivity index (χ4v) is 2.82. The summed E-state index contributed by atoms with van der Waals surface area (Å²) in [5, 5.41) is 9.99. The maximum absolute atomic E-state index is 9.99. The molecule has 1 N–H and O–H groups in total. The molecule has 0 amide bonds. The van der Waals surface area contributed by atoms with Gasteiger partial charge in [-0.2, -0.15) is 0 Å². The zero-order chi connectivity index (χ0) is 13.8. The third-order valence-electron chi connectivity index (χ3n) is 4.13. The van der Waals surface area contributed by atoms with Crippen molar-refractivity contribution in [2.24, 2.45) is 0 Å². The highest BCUT2D eigenvalue weighted by Crippen LogP contribution is 2.28. The summed E-state index contributed by atoms with van der Waals surface area (Å²) in [4.78, 5) is 2.40. The number of hydrogen-bond donors (Lipinski definition) is 1. The zero-order valence-corrected chi connectivity index (χ0v) is 11.7. The van der Waals surface area contributed by atoms with Gasteiger partial charge in [0.15, 0.2) is 0 Å². The van der Waals surface area contributed by atoms with Gasteiger partial charge >= 0.3 is 0 Å². The van der Waals surface area contributed by atoms with Crippen molar-refractivity contribution in [1.82, 2.24) is 4.90 Å². The Kier molecular flexibility index (Phi) is 4.14. The standard InChI is InChI=1S/C18H21NO/c20-18-12-11-17(18)19(13-15-7-3-1-4-8-15)14-16-9-5-2-6-10-16/h1-10,17-18,20H,11-14H2/t17-,18-/m1/s1. The molecular formula is C18H21NO. The average molecular weight is 267 g/mol. The molecule has 104 valence electrons. The molecule has 1 fully saturated rings. The van der Waals surface area contributed by atoms with Gasteiger partial charge < -0.3 is 5.11 Å². The maximum atomic E-state index is 9.99. The van der Waals surface area contributed by atoms with E-state index in [-0.39, 0.29) is 6.10 Å². The van der Waals surface area contributed by atoms with E-state index in [1.807, 2.05) is 12.1 Å². The Hall–Kier alpha value is -1.64. The van der Waals surface area contributed by atoms with Gasteiger partial charge in [0.05, 0.1) is 6.10 Å². The third kappa shape index (κ3) is 3.09. The minimum Gasteiger partial charge on any atom is -0.391 e. The molecule has 2 aromatic carbocycles. The summed E-state index contributed by atoms with van der Waals surface area (Å²) in [5.74, 6) is 0. The van der Waals surface area contributed by atoms with Gasteiger partial charge in [0.1, 0.15) is 0 Å². The monoisotopic (exact) mass is 267 g/mol. The number of benzene rings is 2. The summed E-state index contributed by atoms with van der Waals surface area (Å²) >= 11 is 0. The van der Waals surface area contributed by atoms with Crippen molar-refractivity contribution in [3.8, 4) is 0 Å². The summed E-state index contributed by atoms with van der Waals surface area (Å²) in [7, 11) is 0. The molecule has 0 bridgehead atoms. The van der Waals surface area contributed by atoms with Gasteiger partial charge in [-0.1, -0.05) is 60.7 Å². The first-order valence-corrected chi connectivity index (χ1v) is 7.33. The molecule has 0 heterocycles. The van der Waals surface area contributed by atoms with Crippen LogP contribution in [0.1, 0.15) is 24.0 Å². The highest BCUT2D eigenvalue weighted by molar-refractivity contribution is 5.17. The molecule has 3 rings (SSSR count). The normalized spacial score (nSPS) is 21.7. The van der Waals surface area contributed by atoms with Crippen molar-refractivity contribution in [3.63, 3.8) is 0 Å². The molecule has 2 atom stereocenters. The van der Waals surface area contributed by atoms with Crippen LogP contribution in [-0.4, -0.2) is 22.2 Å². The topological polar surface area (TPSA) is 23.5 Å². The fourth-order valence-electron chi connectivity index (χ4n) is 2.82. The summed E-state index contributed by atoms with van der Waals surface area (Å²) in [6.45, 7) is 1.80. The lowest BCUT2D eigenvalue weighted by molar-refractivity contribution is -0.0288. The second-order valence-corrected chi connectivity index (χ2v) is 5.59. The van der Waals surface area contributed by atoms with Crippen LogP contribution in [0.2, 0.25) is 0 Å². The molecule has 0 aromatic heterocycles. The Morgan fingerprint density at radius 2 is 1.30 bits per heavy atom. The zero-order valence-electron chi connectivity index (χ0n) is 11.7. The lowest BCUT2D eigenvalue weighted by Gasteiger charge is -2.41. The van der Waals surface area contributed by atoms with Crippen molar-refractivity contribution in [2.45, 2.75) is 38.1 Å². The number of aliphatic hydroxyl groups is 1. The molecule has 2 aromatic rings. The number of aliphatic hydroxyl groups excluding tert-OH is 1. The Labute approximate surface area is 120 Å². The second-order valence-electron chi connectivity index (χ2n) is 5.59. The fraction of sp³-hybridized carbons (Fsp3) is 0.333. The Morgan fingerprint density at radius 3 is 1.65 bits per heavy atom. The predicted molar refractivity (Wildman–Crippen MR) is 81.2 cm³/mol. The minimum atomic E-state index is -0.164. The van der Waals surface area contributed by atoms with Gasteiger partial charge in [0.25, 0.3) is 0 Å². The molecule has 2 heteroatoms. The number of hydrogen-bond acceptors (Lipinski definition) is 2. The van der Waals surface area contributed by atoms with Gasteiger partial charge in [-0.05, 0) is 24.0 Å². The van der Waals surface area contributed by atoms with E-state index in [1.54, 1.807) is 0 Å². The summed E-state index contributed by atoms with van der Waals surface area (Å²) < 4.78 is 0. The van der Waals surface area contributed by atoms with Crippen molar-refractivity contribution in [2.75, 3.05) is 0 Å². The van der Waals surface area contributed by atoms with Crippen LogP contribution >= 0.6 is 0 Å². The van der Waals surface area contributed by atoms with Gasteiger partial charge in [-0.25, -0.2) is 0 Å². The summed E-state index contributed by atoms with van der Waals surface area (Å²) in [6.07, 6.45) is 1.87. The molecule has 1 aliphatic carbocycles. The molecule has 1 saturated carbocycles. The van der Waals surface area contributed by atoms with E-state index < -0.39 is 0 Å². The van der Waals surface area contributed by atoms with Crippen LogP contribution in [0, 0.1) is 0 Å². The van der Waals surface area contributed by atoms with Crippen LogP contribution in [-0.2, 0) is 13.1 Å². The highest BCUT2D eigenvalue weighted by atomic mass is 16.3. The SMILES string of the molecule is O[C@@H]1CC[C@H]1N(Cc1ccccc1)Cc1ccccc1. The van der Waals surface area contributed by atoms with E-state index in [9.17, 15) is 5.11 Å². The molecule has 0 aliphatic heterocycles. The van der Waals surface area contributed by atoms with Crippen LogP contribution in [0.5, 0.6) is 0 Å². The van der Waals surface area contributed by atoms with E-state index in [0.29, 0.717) is 6.04 Å². The van der Waals surface area contributed by atoms with Gasteiger partial charge in [-0.3, -0.25) is 4.90 Å². The molecule has 0 radical (unpaired) electrons. The third-order valence-corrected chi connectivity index (χ3v) is 4.13. The predicted octanol–water partition coefficient (Wildman–Crippen LogP) is 3.21. The van der Waals surface area contributed by atoms with Crippen molar-refractivity contribution in [3.05, 3.63) is 71.8 Å². The van der Waals surface area contributed by atoms with Crippen LogP contribution in [0.15, 0.2) is 60.7 Å². The van der Waals surface area contributed by atoms with E-state index in [4.69, 9.17) is 0 Å². The largest absolute Gasteiger partial charge is 0.391 e. The summed E-state index contributed by atoms with van der Waals surface area (Å²) in [6, 6.07) is 21.3. The van der Waals surface area contributed by atoms with E-state index >= 15 is 0 Å². The quantitative estimate of drug-likeness (QED) is 0.899. The minimum absolute atomic E-state index is 0.164. The van der Waals surface area contributed by atoms with Crippen LogP contribution in [0.4, 0.5) is 0 Å². The van der Waals surface area contributed by atoms with Gasteiger partial charge in [0.2, 0.25) is 0 Å². The molecule has 0 spiro atoms. The summed E-state index contributed by atoms with van der Waals surface area (Å²) in [5.41, 5.74) is 2.62. The van der Waals surface area contributed by atoms with E-state index in [0.717, 1.165) is 25.9 Å². The molecule has 2 nitrogen and oxygen atoms in total. The van der Waals surface area contributed by atoms with E-state index in [1.165, 1.54) is 11.1 Å². The molecular weight excluding hydrogens is 246 g/mol. The van der Waals surface area contributed by atoms with Crippen LogP contribution in [0.25, 0.3) is 0 Å². The first-order chi connectivity index (χ1) is 9.83. The van der Waals surface area contributed by atoms with E-state index in [2.05, 4.69) is 53.4 Å². The second kappa shape index (κ2) is 6.21. The van der Waals surface area contributed by atoms with Crippen LogP contribution < -0.4 is 0 Å². The lowest BCUT2D eigenvalue weighted by atomic mass is 9.87. The van der Waals surface area contributed by atoms with Crippen molar-refractivity contribution < 1.29 is 5.11 Å². The highest BCUT2D eigenvalue weighted by Gasteiger charge is 2.33. The average Bonchev–Trinajstić information content (AvgIpc) is 2.48. The maximum Gasteiger partial charge on any atom is 0.0696 e. The first-order valence-electron chi connectivity index (χ1n) is 7.33. The first kappa shape index (κ1) is 13.3. The number of rotatable bonds is 5. The molecule has 0 unspecified atom stereocenters. The van der Waals surface area contributed by atoms with Gasteiger partial charge in [0, 0.05) is 19.1 Å². The molecule has 0 saturated heterocycles. The van der Waals surface area contributed by atoms with Crippen molar-refractivity contribution >= 4 is 0 Å². The van der Waals surface area contributed by atoms with Gasteiger partial charge in [-0.15, -0.1) is 0 Å². The van der Waals surface area contributed by atoms with Crippen molar-refractivity contribution in [1.29, 1.82) is 0 Å². The lowest BCUT2D eigenvalue weighted by Crippen LogP contribution is -2.49. The smallest absolute Gasteiger partial charge is 0.0696 e. The Balaban J connectivity index is 1.74. The molecule has 1 aliphatic rings. The molecule has 20 heavy (non-hydrogen) atoms. The number of nitrogens with zero attached hydrogens (tertiary/aromatic N) is 1. The van der Waals surface area contributed by atoms with Crippen LogP contribution in [0.3, 0.4) is 0 Å². The Morgan fingerprint density at radius 1 is 0.800 bits per heavy atom.